The second-order valence-corrected chi connectivity index (χ2v) is 6.64. The van der Waals surface area contributed by atoms with Gasteiger partial charge >= 0.3 is 0 Å². The van der Waals surface area contributed by atoms with E-state index in [1.165, 1.54) is 50.6 Å². The first-order valence-electron chi connectivity index (χ1n) is 8.36. The van der Waals surface area contributed by atoms with Crippen molar-refractivity contribution in [3.63, 3.8) is 0 Å². The predicted molar refractivity (Wildman–Crippen MR) is 85.0 cm³/mol. The molecule has 0 radical (unpaired) electrons. The van der Waals surface area contributed by atoms with Gasteiger partial charge in [-0.15, -0.1) is 0 Å². The van der Waals surface area contributed by atoms with Gasteiger partial charge in [-0.05, 0) is 31.7 Å². The van der Waals surface area contributed by atoms with Crippen molar-refractivity contribution in [2.75, 3.05) is 13.1 Å². The molecule has 0 amide bonds. The summed E-state index contributed by atoms with van der Waals surface area (Å²) in [5.41, 5.74) is 1.48. The third-order valence-corrected chi connectivity index (χ3v) is 5.01. The Balaban J connectivity index is 1.69. The van der Waals surface area contributed by atoms with Gasteiger partial charge in [0.15, 0.2) is 0 Å². The van der Waals surface area contributed by atoms with Crippen molar-refractivity contribution >= 4 is 0 Å². The van der Waals surface area contributed by atoms with Crippen molar-refractivity contribution in [1.82, 2.24) is 10.2 Å². The molecule has 1 aliphatic heterocycles. The highest BCUT2D eigenvalue weighted by molar-refractivity contribution is 5.16. The van der Waals surface area contributed by atoms with Crippen LogP contribution in [0.1, 0.15) is 44.6 Å². The Morgan fingerprint density at radius 2 is 1.85 bits per heavy atom. The fourth-order valence-electron chi connectivity index (χ4n) is 3.92. The quantitative estimate of drug-likeness (QED) is 0.909. The first kappa shape index (κ1) is 14.1. The highest BCUT2D eigenvalue weighted by Gasteiger charge is 2.31. The van der Waals surface area contributed by atoms with Crippen molar-refractivity contribution in [2.45, 2.75) is 63.6 Å². The smallest absolute Gasteiger partial charge is 0.0264 e. The van der Waals surface area contributed by atoms with E-state index < -0.39 is 0 Å². The summed E-state index contributed by atoms with van der Waals surface area (Å²) in [6.07, 6.45) is 8.33. The molecule has 1 saturated carbocycles. The van der Waals surface area contributed by atoms with Gasteiger partial charge in [-0.2, -0.15) is 0 Å². The van der Waals surface area contributed by atoms with Crippen LogP contribution in [0.5, 0.6) is 0 Å². The highest BCUT2D eigenvalue weighted by atomic mass is 15.3. The van der Waals surface area contributed by atoms with E-state index in [-0.39, 0.29) is 0 Å². The number of rotatable bonds is 3. The molecule has 3 rings (SSSR count). The van der Waals surface area contributed by atoms with Gasteiger partial charge in [0.2, 0.25) is 0 Å². The maximum absolute atomic E-state index is 3.68. The summed E-state index contributed by atoms with van der Waals surface area (Å²) in [7, 11) is 0. The van der Waals surface area contributed by atoms with Crippen molar-refractivity contribution in [1.29, 1.82) is 0 Å². The zero-order valence-electron chi connectivity index (χ0n) is 12.7. The Labute approximate surface area is 123 Å². The molecule has 2 heteroatoms. The van der Waals surface area contributed by atoms with Crippen LogP contribution in [0.15, 0.2) is 30.3 Å². The van der Waals surface area contributed by atoms with Crippen LogP contribution in [0, 0.1) is 0 Å². The van der Waals surface area contributed by atoms with Crippen LogP contribution in [-0.4, -0.2) is 36.1 Å². The average molecular weight is 272 g/mol. The molecule has 2 fully saturated rings. The van der Waals surface area contributed by atoms with E-state index in [0.29, 0.717) is 12.1 Å². The second-order valence-electron chi connectivity index (χ2n) is 6.64. The first-order chi connectivity index (χ1) is 9.83. The molecule has 0 spiro atoms. The molecule has 2 atom stereocenters. The molecule has 1 aliphatic carbocycles. The monoisotopic (exact) mass is 272 g/mol. The zero-order chi connectivity index (χ0) is 13.8. The lowest BCUT2D eigenvalue weighted by Crippen LogP contribution is -2.59. The Morgan fingerprint density at radius 3 is 2.60 bits per heavy atom. The summed E-state index contributed by atoms with van der Waals surface area (Å²) < 4.78 is 0. The lowest BCUT2D eigenvalue weighted by molar-refractivity contribution is 0.0650. The average Bonchev–Trinajstić information content (AvgIpc) is 2.51. The molecule has 1 heterocycles. The van der Waals surface area contributed by atoms with E-state index in [4.69, 9.17) is 0 Å². The maximum atomic E-state index is 3.68. The molecule has 110 valence electrons. The normalized spacial score (nSPS) is 29.4. The van der Waals surface area contributed by atoms with Gasteiger partial charge in [-0.3, -0.25) is 4.90 Å². The summed E-state index contributed by atoms with van der Waals surface area (Å²) in [5.74, 6) is 0. The lowest BCUT2D eigenvalue weighted by atomic mass is 9.90. The van der Waals surface area contributed by atoms with Gasteiger partial charge in [0.1, 0.15) is 0 Å². The molecule has 1 N–H and O–H groups in total. The van der Waals surface area contributed by atoms with Crippen molar-refractivity contribution in [2.24, 2.45) is 0 Å². The van der Waals surface area contributed by atoms with E-state index in [0.717, 1.165) is 12.6 Å². The predicted octanol–water partition coefficient (Wildman–Crippen LogP) is 3.22. The Hall–Kier alpha value is -0.860. The SMILES string of the molecule is CC1CN(C2CCCCC2)C(Cc2ccccc2)CN1. The number of hydrogen-bond acceptors (Lipinski definition) is 2. The van der Waals surface area contributed by atoms with Crippen LogP contribution in [-0.2, 0) is 6.42 Å². The molecule has 2 nitrogen and oxygen atoms in total. The van der Waals surface area contributed by atoms with Gasteiger partial charge in [0, 0.05) is 31.2 Å². The molecule has 20 heavy (non-hydrogen) atoms. The number of benzene rings is 1. The fourth-order valence-corrected chi connectivity index (χ4v) is 3.92. The third-order valence-electron chi connectivity index (χ3n) is 5.01. The summed E-state index contributed by atoms with van der Waals surface area (Å²) >= 11 is 0. The lowest BCUT2D eigenvalue weighted by Gasteiger charge is -2.45. The topological polar surface area (TPSA) is 15.3 Å². The van der Waals surface area contributed by atoms with Crippen molar-refractivity contribution < 1.29 is 0 Å². The van der Waals surface area contributed by atoms with E-state index in [2.05, 4.69) is 47.5 Å². The van der Waals surface area contributed by atoms with Gasteiger partial charge in [-0.1, -0.05) is 49.6 Å². The molecule has 1 saturated heterocycles. The number of piperazine rings is 1. The van der Waals surface area contributed by atoms with Gasteiger partial charge < -0.3 is 5.32 Å². The van der Waals surface area contributed by atoms with Crippen molar-refractivity contribution in [3.8, 4) is 0 Å². The van der Waals surface area contributed by atoms with Crippen molar-refractivity contribution in [3.05, 3.63) is 35.9 Å². The molecular formula is C18H28N2. The van der Waals surface area contributed by atoms with Crippen LogP contribution in [0.4, 0.5) is 0 Å². The molecule has 0 bridgehead atoms. The Bertz CT molecular complexity index is 397. The first-order valence-corrected chi connectivity index (χ1v) is 8.36. The van der Waals surface area contributed by atoms with Crippen LogP contribution in [0.2, 0.25) is 0 Å². The zero-order valence-corrected chi connectivity index (χ0v) is 12.7. The standard InChI is InChI=1S/C18H28N2/c1-15-14-20(17-10-6-3-7-11-17)18(13-19-15)12-16-8-4-2-5-9-16/h2,4-5,8-9,15,17-19H,3,6-7,10-14H2,1H3. The number of hydrogen-bond donors (Lipinski definition) is 1. The maximum Gasteiger partial charge on any atom is 0.0264 e. The summed E-state index contributed by atoms with van der Waals surface area (Å²) in [6, 6.07) is 13.2. The third kappa shape index (κ3) is 3.42. The van der Waals surface area contributed by atoms with Crippen LogP contribution >= 0.6 is 0 Å². The molecular weight excluding hydrogens is 244 g/mol. The minimum atomic E-state index is 0.643. The molecule has 0 aromatic heterocycles. The largest absolute Gasteiger partial charge is 0.311 e. The molecule has 2 unspecified atom stereocenters. The molecule has 1 aromatic carbocycles. The van der Waals surface area contributed by atoms with E-state index in [1.807, 2.05) is 0 Å². The summed E-state index contributed by atoms with van der Waals surface area (Å²) in [5, 5.41) is 3.68. The van der Waals surface area contributed by atoms with Gasteiger partial charge in [-0.25, -0.2) is 0 Å². The molecule has 1 aromatic rings. The summed E-state index contributed by atoms with van der Waals surface area (Å²) in [4.78, 5) is 2.83. The molecule has 2 aliphatic rings. The van der Waals surface area contributed by atoms with Gasteiger partial charge in [0.05, 0.1) is 0 Å². The number of nitrogens with one attached hydrogen (secondary N) is 1. The Morgan fingerprint density at radius 1 is 1.10 bits per heavy atom. The van der Waals surface area contributed by atoms with Gasteiger partial charge in [0.25, 0.3) is 0 Å². The van der Waals surface area contributed by atoms with Crippen LogP contribution < -0.4 is 5.32 Å². The highest BCUT2D eigenvalue weighted by Crippen LogP contribution is 2.26. The summed E-state index contributed by atoms with van der Waals surface area (Å²) in [6.45, 7) is 4.70. The minimum absolute atomic E-state index is 0.643. The number of nitrogens with zero attached hydrogens (tertiary/aromatic N) is 1. The van der Waals surface area contributed by atoms with Crippen LogP contribution in [0.25, 0.3) is 0 Å². The van der Waals surface area contributed by atoms with E-state index in [1.54, 1.807) is 0 Å². The Kier molecular flexibility index (Phi) is 4.74. The van der Waals surface area contributed by atoms with Crippen LogP contribution in [0.3, 0.4) is 0 Å². The van der Waals surface area contributed by atoms with E-state index >= 15 is 0 Å². The van der Waals surface area contributed by atoms with E-state index in [9.17, 15) is 0 Å². The second kappa shape index (κ2) is 6.73. The minimum Gasteiger partial charge on any atom is -0.311 e. The fraction of sp³-hybridized carbons (Fsp3) is 0.667.